The third-order valence-corrected chi connectivity index (χ3v) is 6.04. The van der Waals surface area contributed by atoms with E-state index in [1.165, 1.54) is 36.4 Å². The number of ether oxygens (including phenoxy) is 1. The Morgan fingerprint density at radius 3 is 2.45 bits per heavy atom. The second kappa shape index (κ2) is 11.5. The minimum Gasteiger partial charge on any atom is -0.462 e. The van der Waals surface area contributed by atoms with Gasteiger partial charge < -0.3 is 15.4 Å². The largest absolute Gasteiger partial charge is 0.462 e. The lowest BCUT2D eigenvalue weighted by atomic mass is 10.1. The lowest BCUT2D eigenvalue weighted by molar-refractivity contribution is -0.120. The van der Waals surface area contributed by atoms with E-state index in [0.717, 1.165) is 11.0 Å². The topological polar surface area (TPSA) is 105 Å². The van der Waals surface area contributed by atoms with Crippen molar-refractivity contribution in [1.29, 1.82) is 0 Å². The van der Waals surface area contributed by atoms with Crippen LogP contribution < -0.4 is 15.5 Å². The Morgan fingerprint density at radius 2 is 1.71 bits per heavy atom. The number of anilines is 3. The zero-order chi connectivity index (χ0) is 27.4. The van der Waals surface area contributed by atoms with Gasteiger partial charge in [-0.25, -0.2) is 14.1 Å². The molecule has 0 atom stereocenters. The molecule has 4 rings (SSSR count). The van der Waals surface area contributed by atoms with E-state index in [2.05, 4.69) is 10.6 Å². The number of hydrogen-bond acceptors (Lipinski definition) is 6. The molecule has 0 saturated carbocycles. The number of imide groups is 1. The van der Waals surface area contributed by atoms with Crippen molar-refractivity contribution in [3.05, 3.63) is 99.4 Å². The number of nitrogens with one attached hydrogen (secondary N) is 2. The molecule has 8 nitrogen and oxygen atoms in total. The summed E-state index contributed by atoms with van der Waals surface area (Å²) >= 11 is 12.0. The van der Waals surface area contributed by atoms with Gasteiger partial charge in [-0.1, -0.05) is 48.3 Å². The Bertz CT molecular complexity index is 1490. The van der Waals surface area contributed by atoms with Crippen LogP contribution in [0.2, 0.25) is 5.02 Å². The number of benzene rings is 3. The Hall–Kier alpha value is -4.21. The molecular formula is C27H20Cl2FN3O5. The number of amides is 3. The van der Waals surface area contributed by atoms with Crippen LogP contribution in [0.1, 0.15) is 34.1 Å². The monoisotopic (exact) mass is 555 g/mol. The van der Waals surface area contributed by atoms with E-state index in [9.17, 15) is 23.6 Å². The molecule has 3 aromatic rings. The van der Waals surface area contributed by atoms with E-state index in [4.69, 9.17) is 27.9 Å². The molecule has 2 N–H and O–H groups in total. The van der Waals surface area contributed by atoms with Crippen molar-refractivity contribution in [2.24, 2.45) is 0 Å². The Balaban J connectivity index is 1.55. The van der Waals surface area contributed by atoms with Gasteiger partial charge in [0.15, 0.2) is 0 Å². The third-order valence-electron chi connectivity index (χ3n) is 5.40. The lowest BCUT2D eigenvalue weighted by Crippen LogP contribution is -2.33. The maximum Gasteiger partial charge on any atom is 0.340 e. The molecule has 3 aromatic carbocycles. The van der Waals surface area contributed by atoms with Crippen LogP contribution in [0.15, 0.2) is 77.5 Å². The molecule has 0 spiro atoms. The molecule has 0 fully saturated rings. The van der Waals surface area contributed by atoms with Gasteiger partial charge in [0.1, 0.15) is 16.5 Å². The van der Waals surface area contributed by atoms with Gasteiger partial charge in [0.2, 0.25) is 0 Å². The van der Waals surface area contributed by atoms with E-state index < -0.39 is 29.5 Å². The van der Waals surface area contributed by atoms with Crippen LogP contribution in [-0.2, 0) is 14.3 Å². The first-order chi connectivity index (χ1) is 18.2. The van der Waals surface area contributed by atoms with Crippen LogP contribution in [0, 0.1) is 5.82 Å². The van der Waals surface area contributed by atoms with Crippen LogP contribution in [0.4, 0.5) is 21.5 Å². The van der Waals surface area contributed by atoms with E-state index >= 15 is 0 Å². The van der Waals surface area contributed by atoms with Crippen molar-refractivity contribution < 1.29 is 28.3 Å². The summed E-state index contributed by atoms with van der Waals surface area (Å²) < 4.78 is 18.6. The Labute approximate surface area is 227 Å². The summed E-state index contributed by atoms with van der Waals surface area (Å²) in [6, 6.07) is 15.9. The standard InChI is InChI=1S/C27H20Cl2FN3O5/c1-2-12-38-27(37)18-8-3-4-9-21(18)33-25(35)22(29)23(26(33)36)31-16-7-5-6-15(13-16)24(34)32-17-10-11-20(30)19(28)14-17/h3-11,13-14,31H,2,12H2,1H3,(H,32,34). The van der Waals surface area contributed by atoms with Crippen LogP contribution in [-0.4, -0.2) is 30.3 Å². The first-order valence-corrected chi connectivity index (χ1v) is 12.1. The molecule has 194 valence electrons. The molecule has 3 amide bonds. The highest BCUT2D eigenvalue weighted by atomic mass is 35.5. The number of rotatable bonds is 8. The molecule has 0 aliphatic carbocycles. The van der Waals surface area contributed by atoms with Crippen molar-refractivity contribution in [2.45, 2.75) is 13.3 Å². The number of carbonyl (C=O) groups is 4. The summed E-state index contributed by atoms with van der Waals surface area (Å²) in [5.74, 6) is -3.43. The fourth-order valence-corrected chi connectivity index (χ4v) is 4.00. The highest BCUT2D eigenvalue weighted by Crippen LogP contribution is 2.32. The lowest BCUT2D eigenvalue weighted by Gasteiger charge is -2.18. The van der Waals surface area contributed by atoms with E-state index in [1.54, 1.807) is 24.3 Å². The van der Waals surface area contributed by atoms with Crippen molar-refractivity contribution in [1.82, 2.24) is 0 Å². The number of hydrogen-bond donors (Lipinski definition) is 2. The van der Waals surface area contributed by atoms with E-state index in [1.807, 2.05) is 6.92 Å². The molecule has 1 heterocycles. The maximum atomic E-state index is 13.4. The van der Waals surface area contributed by atoms with Crippen LogP contribution in [0.25, 0.3) is 0 Å². The zero-order valence-corrected chi connectivity index (χ0v) is 21.4. The Kier molecular flexibility index (Phi) is 8.09. The van der Waals surface area contributed by atoms with Gasteiger partial charge in [-0.05, 0) is 55.0 Å². The quantitative estimate of drug-likeness (QED) is 0.271. The molecule has 11 heteroatoms. The van der Waals surface area contributed by atoms with Gasteiger partial charge in [-0.2, -0.15) is 0 Å². The molecule has 0 bridgehead atoms. The smallest absolute Gasteiger partial charge is 0.340 e. The van der Waals surface area contributed by atoms with Gasteiger partial charge in [0, 0.05) is 16.9 Å². The molecule has 1 aliphatic rings. The van der Waals surface area contributed by atoms with Crippen molar-refractivity contribution in [3.63, 3.8) is 0 Å². The summed E-state index contributed by atoms with van der Waals surface area (Å²) in [5, 5.41) is 4.87. The van der Waals surface area contributed by atoms with Crippen LogP contribution >= 0.6 is 23.2 Å². The predicted octanol–water partition coefficient (Wildman–Crippen LogP) is 5.73. The van der Waals surface area contributed by atoms with Crippen LogP contribution in [0.5, 0.6) is 0 Å². The number of halogens is 3. The number of esters is 1. The van der Waals surface area contributed by atoms with Crippen molar-refractivity contribution in [3.8, 4) is 0 Å². The SMILES string of the molecule is CCCOC(=O)c1ccccc1N1C(=O)C(Cl)=C(Nc2cccc(C(=O)Nc3ccc(F)c(Cl)c3)c2)C1=O. The van der Waals surface area contributed by atoms with Crippen LogP contribution in [0.3, 0.4) is 0 Å². The highest BCUT2D eigenvalue weighted by Gasteiger charge is 2.40. The minimum absolute atomic E-state index is 0.0321. The second-order valence-electron chi connectivity index (χ2n) is 8.08. The van der Waals surface area contributed by atoms with Gasteiger partial charge in [0.05, 0.1) is 22.9 Å². The Morgan fingerprint density at radius 1 is 0.947 bits per heavy atom. The van der Waals surface area contributed by atoms with Gasteiger partial charge in [-0.15, -0.1) is 0 Å². The van der Waals surface area contributed by atoms with Crippen molar-refractivity contribution in [2.75, 3.05) is 22.1 Å². The van der Waals surface area contributed by atoms with E-state index in [0.29, 0.717) is 12.1 Å². The molecule has 1 aliphatic heterocycles. The minimum atomic E-state index is -0.822. The zero-order valence-electron chi connectivity index (χ0n) is 19.9. The number of carbonyl (C=O) groups excluding carboxylic acids is 4. The summed E-state index contributed by atoms with van der Waals surface area (Å²) in [7, 11) is 0. The molecule has 0 saturated heterocycles. The summed E-state index contributed by atoms with van der Waals surface area (Å²) in [6.07, 6.45) is 0.603. The third kappa shape index (κ3) is 5.53. The average molecular weight is 556 g/mol. The molecule has 0 unspecified atom stereocenters. The summed E-state index contributed by atoms with van der Waals surface area (Å²) in [6.45, 7) is 2.02. The summed E-state index contributed by atoms with van der Waals surface area (Å²) in [5.41, 5.74) is 0.620. The fraction of sp³-hybridized carbons (Fsp3) is 0.111. The number of para-hydroxylation sites is 1. The predicted molar refractivity (Wildman–Crippen MR) is 142 cm³/mol. The normalized spacial score (nSPS) is 13.1. The first-order valence-electron chi connectivity index (χ1n) is 11.4. The first kappa shape index (κ1) is 26.8. The highest BCUT2D eigenvalue weighted by molar-refractivity contribution is 6.53. The number of nitrogens with zero attached hydrogens (tertiary/aromatic N) is 1. The van der Waals surface area contributed by atoms with Crippen molar-refractivity contribution >= 4 is 64.0 Å². The molecule has 0 aromatic heterocycles. The van der Waals surface area contributed by atoms with E-state index in [-0.39, 0.29) is 44.9 Å². The molecular weight excluding hydrogens is 536 g/mol. The molecule has 0 radical (unpaired) electrons. The fourth-order valence-electron chi connectivity index (χ4n) is 3.60. The van der Waals surface area contributed by atoms with Gasteiger partial charge in [0.25, 0.3) is 17.7 Å². The van der Waals surface area contributed by atoms with Gasteiger partial charge in [-0.3, -0.25) is 14.4 Å². The molecule has 38 heavy (non-hydrogen) atoms. The second-order valence-corrected chi connectivity index (χ2v) is 8.86. The van der Waals surface area contributed by atoms with Gasteiger partial charge >= 0.3 is 5.97 Å². The summed E-state index contributed by atoms with van der Waals surface area (Å²) in [4.78, 5) is 52.2. The average Bonchev–Trinajstić information content (AvgIpc) is 3.12. The maximum absolute atomic E-state index is 13.4.